The molecule has 7 nitrogen and oxygen atoms in total. The first-order valence-corrected chi connectivity index (χ1v) is 13.0. The monoisotopic (exact) mass is 458 g/mol. The fraction of sp³-hybridized carbons (Fsp3) is 0.542. The van der Waals surface area contributed by atoms with E-state index < -0.39 is 10.0 Å². The number of likely N-dealkylation sites (tertiary alicyclic amines) is 1. The summed E-state index contributed by atoms with van der Waals surface area (Å²) in [5, 5.41) is 3.03. The maximum absolute atomic E-state index is 12.8. The van der Waals surface area contributed by atoms with Crippen LogP contribution in [0.15, 0.2) is 41.4 Å². The van der Waals surface area contributed by atoms with Crippen molar-refractivity contribution in [2.45, 2.75) is 44.0 Å². The maximum Gasteiger partial charge on any atom is 0.267 e. The molecule has 0 bridgehead atoms. The van der Waals surface area contributed by atoms with E-state index in [4.69, 9.17) is 0 Å². The topological polar surface area (TPSA) is 74.7 Å². The molecule has 2 saturated heterocycles. The Bertz CT molecular complexity index is 1050. The summed E-state index contributed by atoms with van der Waals surface area (Å²) in [6, 6.07) is 10.2. The van der Waals surface area contributed by atoms with Crippen molar-refractivity contribution in [1.29, 1.82) is 0 Å². The lowest BCUT2D eigenvalue weighted by atomic mass is 9.96. The zero-order valence-electron chi connectivity index (χ0n) is 19.1. The predicted octanol–water partition coefficient (Wildman–Crippen LogP) is 2.76. The molecule has 174 valence electrons. The highest BCUT2D eigenvalue weighted by Gasteiger charge is 2.29. The number of piperidine rings is 1. The van der Waals surface area contributed by atoms with Crippen LogP contribution in [-0.2, 0) is 23.6 Å². The van der Waals surface area contributed by atoms with E-state index in [1.54, 1.807) is 17.8 Å². The summed E-state index contributed by atoms with van der Waals surface area (Å²) < 4.78 is 28.7. The maximum atomic E-state index is 12.8. The number of carbonyl (C=O) groups excluding carboxylic acids is 1. The fourth-order valence-electron chi connectivity index (χ4n) is 4.72. The highest BCUT2D eigenvalue weighted by atomic mass is 32.2. The number of sulfonamides is 1. The molecule has 2 aromatic rings. The van der Waals surface area contributed by atoms with Gasteiger partial charge in [-0.2, -0.15) is 4.31 Å². The van der Waals surface area contributed by atoms with E-state index >= 15 is 0 Å². The second-order valence-electron chi connectivity index (χ2n) is 9.20. The van der Waals surface area contributed by atoms with Gasteiger partial charge in [0.15, 0.2) is 0 Å². The van der Waals surface area contributed by atoms with E-state index in [1.165, 1.54) is 21.5 Å². The van der Waals surface area contributed by atoms with Crippen molar-refractivity contribution < 1.29 is 13.2 Å². The number of nitrogens with zero attached hydrogens (tertiary/aromatic N) is 3. The van der Waals surface area contributed by atoms with E-state index in [2.05, 4.69) is 41.4 Å². The molecule has 1 amide bonds. The standard InChI is InChI=1S/C24H34N4O3S/c1-19-6-5-7-21(14-19)17-27-12-8-20(9-13-27)16-25-24(29)23-15-22(18-26(23)2)32(30,31)28-10-3-4-11-28/h5-7,14-15,18,20H,3-4,8-13,16-17H2,1-2H3,(H,25,29). The van der Waals surface area contributed by atoms with Crippen molar-refractivity contribution in [1.82, 2.24) is 19.1 Å². The average Bonchev–Trinajstić information content (AvgIpc) is 3.44. The number of aryl methyl sites for hydroxylation is 2. The van der Waals surface area contributed by atoms with Crippen LogP contribution in [0, 0.1) is 12.8 Å². The van der Waals surface area contributed by atoms with Crippen LogP contribution >= 0.6 is 0 Å². The Morgan fingerprint density at radius 3 is 2.50 bits per heavy atom. The van der Waals surface area contributed by atoms with Crippen molar-refractivity contribution in [2.24, 2.45) is 13.0 Å². The second-order valence-corrected chi connectivity index (χ2v) is 11.1. The van der Waals surface area contributed by atoms with Crippen molar-refractivity contribution in [3.8, 4) is 0 Å². The zero-order chi connectivity index (χ0) is 22.7. The Morgan fingerprint density at radius 1 is 1.09 bits per heavy atom. The molecule has 2 aliphatic rings. The molecule has 2 fully saturated rings. The van der Waals surface area contributed by atoms with Crippen molar-refractivity contribution >= 4 is 15.9 Å². The summed E-state index contributed by atoms with van der Waals surface area (Å²) in [5.74, 6) is 0.235. The third-order valence-electron chi connectivity index (χ3n) is 6.66. The van der Waals surface area contributed by atoms with E-state index in [1.807, 2.05) is 0 Å². The molecule has 0 radical (unpaired) electrons. The van der Waals surface area contributed by atoms with Crippen LogP contribution in [0.5, 0.6) is 0 Å². The number of hydrogen-bond donors (Lipinski definition) is 1. The largest absolute Gasteiger partial charge is 0.350 e. The van der Waals surface area contributed by atoms with Gasteiger partial charge in [-0.3, -0.25) is 9.69 Å². The van der Waals surface area contributed by atoms with Crippen LogP contribution in [0.25, 0.3) is 0 Å². The van der Waals surface area contributed by atoms with E-state index in [0.717, 1.165) is 45.3 Å². The minimum atomic E-state index is -3.52. The van der Waals surface area contributed by atoms with Gasteiger partial charge in [0.05, 0.1) is 0 Å². The molecule has 0 saturated carbocycles. The Kier molecular flexibility index (Phi) is 7.02. The molecule has 0 spiro atoms. The molecule has 1 N–H and O–H groups in total. The summed E-state index contributed by atoms with van der Waals surface area (Å²) in [5.41, 5.74) is 3.02. The molecule has 0 unspecified atom stereocenters. The van der Waals surface area contributed by atoms with Gasteiger partial charge in [0, 0.05) is 39.4 Å². The van der Waals surface area contributed by atoms with E-state index in [9.17, 15) is 13.2 Å². The minimum Gasteiger partial charge on any atom is -0.350 e. The van der Waals surface area contributed by atoms with Crippen molar-refractivity contribution in [3.63, 3.8) is 0 Å². The molecule has 32 heavy (non-hydrogen) atoms. The Morgan fingerprint density at radius 2 is 1.81 bits per heavy atom. The molecule has 0 aliphatic carbocycles. The first-order valence-electron chi connectivity index (χ1n) is 11.6. The zero-order valence-corrected chi connectivity index (χ0v) is 19.9. The lowest BCUT2D eigenvalue weighted by molar-refractivity contribution is 0.0927. The summed E-state index contributed by atoms with van der Waals surface area (Å²) >= 11 is 0. The van der Waals surface area contributed by atoms with Gasteiger partial charge in [0.25, 0.3) is 5.91 Å². The highest BCUT2D eigenvalue weighted by molar-refractivity contribution is 7.89. The summed E-state index contributed by atoms with van der Waals surface area (Å²) in [6.07, 6.45) is 5.43. The Balaban J connectivity index is 1.28. The van der Waals surface area contributed by atoms with Crippen LogP contribution in [0.3, 0.4) is 0 Å². The van der Waals surface area contributed by atoms with Crippen LogP contribution in [0.2, 0.25) is 0 Å². The molecule has 1 aromatic heterocycles. The lowest BCUT2D eigenvalue weighted by Gasteiger charge is -2.32. The van der Waals surface area contributed by atoms with Crippen molar-refractivity contribution in [3.05, 3.63) is 53.3 Å². The predicted molar refractivity (Wildman–Crippen MR) is 125 cm³/mol. The van der Waals surface area contributed by atoms with Crippen LogP contribution < -0.4 is 5.32 Å². The highest BCUT2D eigenvalue weighted by Crippen LogP contribution is 2.23. The van der Waals surface area contributed by atoms with Crippen LogP contribution in [0.1, 0.15) is 47.3 Å². The number of rotatable bonds is 7. The van der Waals surface area contributed by atoms with Gasteiger partial charge >= 0.3 is 0 Å². The number of nitrogens with one attached hydrogen (secondary N) is 1. The number of aromatic nitrogens is 1. The molecule has 1 aromatic carbocycles. The molecular formula is C24H34N4O3S. The molecule has 0 atom stereocenters. The number of hydrogen-bond acceptors (Lipinski definition) is 4. The van der Waals surface area contributed by atoms with Gasteiger partial charge < -0.3 is 9.88 Å². The molecule has 8 heteroatoms. The SMILES string of the molecule is Cc1cccc(CN2CCC(CNC(=O)c3cc(S(=O)(=O)N4CCCC4)cn3C)CC2)c1. The number of carbonyl (C=O) groups is 1. The van der Waals surface area contributed by atoms with Crippen LogP contribution in [0.4, 0.5) is 0 Å². The third-order valence-corrected chi connectivity index (χ3v) is 8.53. The third kappa shape index (κ3) is 5.24. The van der Waals surface area contributed by atoms with Gasteiger partial charge in [-0.05, 0) is 63.2 Å². The van der Waals surface area contributed by atoms with Crippen molar-refractivity contribution in [2.75, 3.05) is 32.7 Å². The van der Waals surface area contributed by atoms with Gasteiger partial charge in [-0.15, -0.1) is 0 Å². The van der Waals surface area contributed by atoms with Gasteiger partial charge in [-0.1, -0.05) is 29.8 Å². The first kappa shape index (κ1) is 23.0. The minimum absolute atomic E-state index is 0.205. The fourth-order valence-corrected chi connectivity index (χ4v) is 6.31. The van der Waals surface area contributed by atoms with E-state index in [-0.39, 0.29) is 10.8 Å². The smallest absolute Gasteiger partial charge is 0.267 e. The quantitative estimate of drug-likeness (QED) is 0.692. The normalized spacial score (nSPS) is 18.8. The second kappa shape index (κ2) is 9.77. The van der Waals surface area contributed by atoms with E-state index in [0.29, 0.717) is 31.2 Å². The first-order chi connectivity index (χ1) is 15.3. The Hall–Kier alpha value is -2.16. The molecule has 3 heterocycles. The number of benzene rings is 1. The lowest BCUT2D eigenvalue weighted by Crippen LogP contribution is -2.38. The molecule has 2 aliphatic heterocycles. The summed E-state index contributed by atoms with van der Waals surface area (Å²) in [4.78, 5) is 15.4. The Labute approximate surface area is 191 Å². The van der Waals surface area contributed by atoms with Crippen LogP contribution in [-0.4, -0.2) is 60.8 Å². The summed E-state index contributed by atoms with van der Waals surface area (Å²) in [6.45, 7) is 6.88. The summed E-state index contributed by atoms with van der Waals surface area (Å²) in [7, 11) is -1.79. The van der Waals surface area contributed by atoms with Gasteiger partial charge in [0.2, 0.25) is 10.0 Å². The molecule has 4 rings (SSSR count). The average molecular weight is 459 g/mol. The molecular weight excluding hydrogens is 424 g/mol. The number of amides is 1. The van der Waals surface area contributed by atoms with Gasteiger partial charge in [0.1, 0.15) is 10.6 Å². The van der Waals surface area contributed by atoms with Gasteiger partial charge in [-0.25, -0.2) is 8.42 Å².